The average molecular weight is 347 g/mol. The Morgan fingerprint density at radius 3 is 2.14 bits per heavy atom. The lowest BCUT2D eigenvalue weighted by Crippen LogP contribution is -2.54. The van der Waals surface area contributed by atoms with Gasteiger partial charge in [0.1, 0.15) is 0 Å². The van der Waals surface area contributed by atoms with Crippen molar-refractivity contribution in [2.24, 2.45) is 23.7 Å². The molecule has 116 valence electrons. The van der Waals surface area contributed by atoms with Crippen LogP contribution in [0.4, 0.5) is 0 Å². The molecular formula is C17H22Cl3N. The predicted molar refractivity (Wildman–Crippen MR) is 91.4 cm³/mol. The molecule has 0 aromatic heterocycles. The molecular weight excluding hydrogens is 325 g/mol. The highest BCUT2D eigenvalue weighted by atomic mass is 35.5. The summed E-state index contributed by atoms with van der Waals surface area (Å²) in [6, 6.07) is 6.54. The molecule has 4 aliphatic carbocycles. The number of rotatable bonds is 3. The van der Waals surface area contributed by atoms with Gasteiger partial charge in [0.05, 0.1) is 0 Å². The molecule has 0 atom stereocenters. The molecule has 0 radical (unpaired) electrons. The molecule has 1 aromatic carbocycles. The van der Waals surface area contributed by atoms with E-state index < -0.39 is 0 Å². The summed E-state index contributed by atoms with van der Waals surface area (Å²) >= 11 is 12.2. The summed E-state index contributed by atoms with van der Waals surface area (Å²) in [6.07, 6.45) is 7.35. The van der Waals surface area contributed by atoms with Crippen LogP contribution in [0.15, 0.2) is 18.2 Å². The number of halogens is 3. The number of hydrogen-bond acceptors (Lipinski definition) is 1. The smallest absolute Gasteiger partial charge is 0.0465 e. The van der Waals surface area contributed by atoms with Crippen LogP contribution in [0.25, 0.3) is 0 Å². The van der Waals surface area contributed by atoms with Gasteiger partial charge < -0.3 is 5.32 Å². The lowest BCUT2D eigenvalue weighted by molar-refractivity contribution is -0.0142. The molecule has 1 nitrogen and oxygen atoms in total. The lowest BCUT2D eigenvalue weighted by atomic mass is 9.54. The first-order chi connectivity index (χ1) is 9.69. The third kappa shape index (κ3) is 3.08. The number of benzene rings is 1. The Morgan fingerprint density at radius 2 is 1.57 bits per heavy atom. The van der Waals surface area contributed by atoms with Crippen molar-refractivity contribution >= 4 is 35.6 Å². The van der Waals surface area contributed by atoms with Crippen molar-refractivity contribution in [2.75, 3.05) is 0 Å². The van der Waals surface area contributed by atoms with Crippen molar-refractivity contribution in [1.29, 1.82) is 0 Å². The highest BCUT2D eigenvalue weighted by Gasteiger charge is 2.47. The van der Waals surface area contributed by atoms with E-state index in [0.717, 1.165) is 41.3 Å². The average Bonchev–Trinajstić information content (AvgIpc) is 2.39. The van der Waals surface area contributed by atoms with Crippen LogP contribution in [0, 0.1) is 23.7 Å². The van der Waals surface area contributed by atoms with Gasteiger partial charge in [0.15, 0.2) is 0 Å². The maximum absolute atomic E-state index is 6.27. The first-order valence-electron chi connectivity index (χ1n) is 7.86. The molecule has 0 spiro atoms. The minimum Gasteiger partial charge on any atom is -0.309 e. The van der Waals surface area contributed by atoms with Gasteiger partial charge in [0.25, 0.3) is 0 Å². The van der Waals surface area contributed by atoms with E-state index in [1.807, 2.05) is 18.2 Å². The van der Waals surface area contributed by atoms with E-state index in [0.29, 0.717) is 5.02 Å². The van der Waals surface area contributed by atoms with Crippen LogP contribution < -0.4 is 5.32 Å². The van der Waals surface area contributed by atoms with Crippen molar-refractivity contribution < 1.29 is 0 Å². The maximum Gasteiger partial charge on any atom is 0.0465 e. The summed E-state index contributed by atoms with van der Waals surface area (Å²) in [4.78, 5) is 0. The van der Waals surface area contributed by atoms with Gasteiger partial charge in [0, 0.05) is 22.6 Å². The number of nitrogens with one attached hydrogen (secondary N) is 1. The van der Waals surface area contributed by atoms with E-state index >= 15 is 0 Å². The van der Waals surface area contributed by atoms with Crippen LogP contribution >= 0.6 is 35.6 Å². The minimum absolute atomic E-state index is 0. The molecule has 1 aromatic rings. The molecule has 0 heterocycles. The fourth-order valence-corrected chi connectivity index (χ4v) is 5.63. The quantitative estimate of drug-likeness (QED) is 0.780. The summed E-state index contributed by atoms with van der Waals surface area (Å²) < 4.78 is 0. The Kier molecular flexibility index (Phi) is 4.76. The highest BCUT2D eigenvalue weighted by molar-refractivity contribution is 6.35. The molecule has 4 bridgehead atoms. The molecule has 21 heavy (non-hydrogen) atoms. The zero-order valence-electron chi connectivity index (χ0n) is 12.0. The Labute approximate surface area is 143 Å². The third-order valence-corrected chi connectivity index (χ3v) is 6.36. The van der Waals surface area contributed by atoms with Crippen molar-refractivity contribution in [3.05, 3.63) is 33.8 Å². The fourth-order valence-electron chi connectivity index (χ4n) is 5.15. The van der Waals surface area contributed by atoms with Crippen molar-refractivity contribution in [3.63, 3.8) is 0 Å². The van der Waals surface area contributed by atoms with Gasteiger partial charge in [-0.25, -0.2) is 0 Å². The molecule has 4 saturated carbocycles. The van der Waals surface area contributed by atoms with Gasteiger partial charge in [-0.3, -0.25) is 0 Å². The second-order valence-corrected chi connectivity index (χ2v) is 7.92. The Balaban J connectivity index is 0.00000132. The summed E-state index contributed by atoms with van der Waals surface area (Å²) in [7, 11) is 0. The molecule has 1 N–H and O–H groups in total. The summed E-state index contributed by atoms with van der Waals surface area (Å²) in [5.41, 5.74) is 1.17. The van der Waals surface area contributed by atoms with Gasteiger partial charge in [-0.1, -0.05) is 29.3 Å². The first-order valence-corrected chi connectivity index (χ1v) is 8.62. The third-order valence-electron chi connectivity index (χ3n) is 5.77. The Bertz CT molecular complexity index is 489. The topological polar surface area (TPSA) is 12.0 Å². The minimum atomic E-state index is 0. The van der Waals surface area contributed by atoms with Crippen molar-refractivity contribution in [2.45, 2.75) is 44.7 Å². The van der Waals surface area contributed by atoms with Gasteiger partial charge in [-0.05, 0) is 73.5 Å². The highest BCUT2D eigenvalue weighted by Crippen LogP contribution is 2.53. The van der Waals surface area contributed by atoms with Crippen molar-refractivity contribution in [3.8, 4) is 0 Å². The van der Waals surface area contributed by atoms with Crippen molar-refractivity contribution in [1.82, 2.24) is 5.32 Å². The molecule has 0 unspecified atom stereocenters. The zero-order valence-corrected chi connectivity index (χ0v) is 14.4. The fraction of sp³-hybridized carbons (Fsp3) is 0.647. The van der Waals surface area contributed by atoms with Crippen LogP contribution in [0.1, 0.15) is 37.7 Å². The molecule has 4 aliphatic rings. The van der Waals surface area contributed by atoms with Crippen LogP contribution in [0.2, 0.25) is 10.0 Å². The lowest BCUT2D eigenvalue weighted by Gasteiger charge is -2.54. The first kappa shape index (κ1) is 15.9. The van der Waals surface area contributed by atoms with E-state index in [2.05, 4.69) is 5.32 Å². The maximum atomic E-state index is 6.27. The SMILES string of the molecule is Cl.Clc1ccc(CNC2C3CC4CC(C3)CC2C4)c(Cl)c1. The summed E-state index contributed by atoms with van der Waals surface area (Å²) in [6.45, 7) is 0.878. The molecule has 0 aliphatic heterocycles. The second kappa shape index (κ2) is 6.28. The summed E-state index contributed by atoms with van der Waals surface area (Å²) in [5, 5.41) is 5.32. The largest absolute Gasteiger partial charge is 0.309 e. The Hall–Kier alpha value is 0.0500. The Morgan fingerprint density at radius 1 is 0.952 bits per heavy atom. The molecule has 0 saturated heterocycles. The van der Waals surface area contributed by atoms with Gasteiger partial charge in [0.2, 0.25) is 0 Å². The van der Waals surface area contributed by atoms with Gasteiger partial charge >= 0.3 is 0 Å². The van der Waals surface area contributed by atoms with E-state index in [1.54, 1.807) is 0 Å². The van der Waals surface area contributed by atoms with Crippen LogP contribution in [-0.2, 0) is 6.54 Å². The van der Waals surface area contributed by atoms with Gasteiger partial charge in [-0.15, -0.1) is 12.4 Å². The molecule has 5 rings (SSSR count). The van der Waals surface area contributed by atoms with E-state index in [1.165, 1.54) is 37.7 Å². The van der Waals surface area contributed by atoms with E-state index in [9.17, 15) is 0 Å². The monoisotopic (exact) mass is 345 g/mol. The molecule has 4 heteroatoms. The standard InChI is InChI=1S/C17H21Cl2N.ClH/c18-15-2-1-12(16(19)8-15)9-20-17-13-4-10-3-11(6-13)7-14(17)5-10;/h1-2,8,10-11,13-14,17,20H,3-7,9H2;1H. The predicted octanol–water partition coefficient (Wildman–Crippen LogP) is 5.33. The van der Waals surface area contributed by atoms with Crippen LogP contribution in [0.5, 0.6) is 0 Å². The molecule has 4 fully saturated rings. The van der Waals surface area contributed by atoms with Crippen LogP contribution in [0.3, 0.4) is 0 Å². The van der Waals surface area contributed by atoms with E-state index in [-0.39, 0.29) is 12.4 Å². The van der Waals surface area contributed by atoms with Crippen LogP contribution in [-0.4, -0.2) is 6.04 Å². The normalized spacial score (nSPS) is 36.6. The zero-order chi connectivity index (χ0) is 13.7. The summed E-state index contributed by atoms with van der Waals surface area (Å²) in [5.74, 6) is 3.90. The van der Waals surface area contributed by atoms with E-state index in [4.69, 9.17) is 23.2 Å². The molecule has 0 amide bonds. The second-order valence-electron chi connectivity index (χ2n) is 7.07. The van der Waals surface area contributed by atoms with Gasteiger partial charge in [-0.2, -0.15) is 0 Å². The number of hydrogen-bond donors (Lipinski definition) is 1.